The van der Waals surface area contributed by atoms with E-state index in [-0.39, 0.29) is 24.2 Å². The zero-order valence-electron chi connectivity index (χ0n) is 18.8. The molecular formula is C27H28FN3O2. The monoisotopic (exact) mass is 445 g/mol. The summed E-state index contributed by atoms with van der Waals surface area (Å²) in [6.45, 7) is 6.24. The lowest BCUT2D eigenvalue weighted by atomic mass is 9.93. The molecule has 5 nitrogen and oxygen atoms in total. The van der Waals surface area contributed by atoms with Crippen LogP contribution in [0.4, 0.5) is 4.39 Å². The van der Waals surface area contributed by atoms with Crippen LogP contribution in [-0.4, -0.2) is 36.5 Å². The summed E-state index contributed by atoms with van der Waals surface area (Å²) >= 11 is 0. The number of Topliss-reactive ketones (excluding diaryl/α,β-unsaturated/α-hetero) is 1. The summed E-state index contributed by atoms with van der Waals surface area (Å²) in [6, 6.07) is 19.5. The van der Waals surface area contributed by atoms with Crippen molar-refractivity contribution in [1.82, 2.24) is 15.6 Å². The number of ether oxygens (including phenoxy) is 1. The Morgan fingerprint density at radius 1 is 1.09 bits per heavy atom. The van der Waals surface area contributed by atoms with E-state index in [0.717, 1.165) is 29.9 Å². The van der Waals surface area contributed by atoms with Crippen molar-refractivity contribution in [2.24, 2.45) is 11.8 Å². The highest BCUT2D eigenvalue weighted by Crippen LogP contribution is 2.44. The van der Waals surface area contributed by atoms with Crippen LogP contribution in [0.2, 0.25) is 0 Å². The minimum Gasteiger partial charge on any atom is -0.474 e. The number of halogens is 1. The third kappa shape index (κ3) is 4.68. The van der Waals surface area contributed by atoms with Crippen LogP contribution in [0.5, 0.6) is 5.88 Å². The lowest BCUT2D eigenvalue weighted by Gasteiger charge is -2.28. The second-order valence-corrected chi connectivity index (χ2v) is 9.42. The zero-order valence-corrected chi connectivity index (χ0v) is 18.8. The van der Waals surface area contributed by atoms with Crippen molar-refractivity contribution in [3.8, 4) is 17.1 Å². The fraction of sp³-hybridized carbons (Fsp3) is 0.333. The Labute approximate surface area is 193 Å². The molecule has 3 aromatic rings. The van der Waals surface area contributed by atoms with E-state index >= 15 is 0 Å². The topological polar surface area (TPSA) is 63.2 Å². The smallest absolute Gasteiger partial charge is 0.214 e. The Morgan fingerprint density at radius 3 is 2.48 bits per heavy atom. The van der Waals surface area contributed by atoms with Crippen molar-refractivity contribution >= 4 is 5.78 Å². The lowest BCUT2D eigenvalue weighted by Crippen LogP contribution is -2.40. The van der Waals surface area contributed by atoms with Gasteiger partial charge in [-0.15, -0.1) is 0 Å². The van der Waals surface area contributed by atoms with Crippen molar-refractivity contribution in [1.29, 1.82) is 0 Å². The normalized spacial score (nSPS) is 21.5. The number of benzene rings is 2. The maximum absolute atomic E-state index is 13.5. The van der Waals surface area contributed by atoms with Crippen LogP contribution in [0, 0.1) is 17.7 Å². The number of rotatable bonds is 8. The van der Waals surface area contributed by atoms with Crippen LogP contribution < -0.4 is 15.4 Å². The molecule has 1 aliphatic heterocycles. The fourth-order valence-electron chi connectivity index (χ4n) is 4.50. The van der Waals surface area contributed by atoms with Gasteiger partial charge in [-0.25, -0.2) is 9.37 Å². The quantitative estimate of drug-likeness (QED) is 0.509. The SMILES string of the molecule is CC(C)(NCC(=O)c1ccccc1)c1cc(OC2[C@H]3CNC[C@@H]23)nc(-c2ccc(F)cc2)c1. The number of hydrogen-bond donors (Lipinski definition) is 2. The number of nitrogens with one attached hydrogen (secondary N) is 2. The predicted molar refractivity (Wildman–Crippen MR) is 126 cm³/mol. The zero-order chi connectivity index (χ0) is 23.0. The fourth-order valence-corrected chi connectivity index (χ4v) is 4.50. The maximum Gasteiger partial charge on any atom is 0.214 e. The van der Waals surface area contributed by atoms with Gasteiger partial charge in [0.25, 0.3) is 0 Å². The number of pyridine rings is 1. The minimum absolute atomic E-state index is 0.0336. The lowest BCUT2D eigenvalue weighted by molar-refractivity contribution is 0.0980. The van der Waals surface area contributed by atoms with E-state index < -0.39 is 5.54 Å². The second kappa shape index (κ2) is 8.69. The number of carbonyl (C=O) groups excluding carboxylic acids is 1. The largest absolute Gasteiger partial charge is 0.474 e. The Hall–Kier alpha value is -3.09. The highest BCUT2D eigenvalue weighted by Gasteiger charge is 2.55. The predicted octanol–water partition coefficient (Wildman–Crippen LogP) is 4.19. The van der Waals surface area contributed by atoms with Gasteiger partial charge in [0.1, 0.15) is 11.9 Å². The number of hydrogen-bond acceptors (Lipinski definition) is 5. The number of fused-ring (bicyclic) bond motifs is 1. The van der Waals surface area contributed by atoms with Gasteiger partial charge in [0.15, 0.2) is 5.78 Å². The van der Waals surface area contributed by atoms with E-state index in [0.29, 0.717) is 23.3 Å². The Bertz CT molecular complexity index is 1140. The van der Waals surface area contributed by atoms with E-state index in [2.05, 4.69) is 10.6 Å². The van der Waals surface area contributed by atoms with Crippen molar-refractivity contribution in [3.05, 3.63) is 83.7 Å². The highest BCUT2D eigenvalue weighted by molar-refractivity contribution is 5.97. The van der Waals surface area contributed by atoms with Gasteiger partial charge in [-0.1, -0.05) is 30.3 Å². The molecule has 1 aromatic heterocycles. The van der Waals surface area contributed by atoms with E-state index in [1.807, 2.05) is 56.3 Å². The first-order chi connectivity index (χ1) is 15.9. The number of aromatic nitrogens is 1. The van der Waals surface area contributed by atoms with Crippen molar-refractivity contribution in [2.75, 3.05) is 19.6 Å². The molecule has 170 valence electrons. The third-order valence-electron chi connectivity index (χ3n) is 6.72. The average molecular weight is 446 g/mol. The molecule has 1 saturated heterocycles. The van der Waals surface area contributed by atoms with Gasteiger partial charge in [0.2, 0.25) is 5.88 Å². The minimum atomic E-state index is -0.513. The summed E-state index contributed by atoms with van der Waals surface area (Å²) in [5.41, 5.74) is 2.66. The molecule has 2 aliphatic rings. The molecule has 33 heavy (non-hydrogen) atoms. The molecule has 6 heteroatoms. The molecule has 1 unspecified atom stereocenters. The summed E-state index contributed by atoms with van der Waals surface area (Å²) in [4.78, 5) is 17.4. The Kier molecular flexibility index (Phi) is 5.72. The van der Waals surface area contributed by atoms with Gasteiger partial charge >= 0.3 is 0 Å². The van der Waals surface area contributed by atoms with Crippen LogP contribution in [0.3, 0.4) is 0 Å². The first-order valence-corrected chi connectivity index (χ1v) is 11.4. The summed E-state index contributed by atoms with van der Waals surface area (Å²) in [6.07, 6.45) is 0.186. The first kappa shape index (κ1) is 21.7. The Balaban J connectivity index is 1.40. The summed E-state index contributed by atoms with van der Waals surface area (Å²) < 4.78 is 19.8. The molecule has 5 rings (SSSR count). The molecule has 2 fully saturated rings. The van der Waals surface area contributed by atoms with E-state index in [9.17, 15) is 9.18 Å². The molecule has 1 saturated carbocycles. The summed E-state index contributed by atoms with van der Waals surface area (Å²) in [5.74, 6) is 1.39. The number of ketones is 1. The maximum atomic E-state index is 13.5. The molecule has 3 atom stereocenters. The molecule has 0 radical (unpaired) electrons. The molecular weight excluding hydrogens is 417 g/mol. The van der Waals surface area contributed by atoms with Crippen LogP contribution in [0.1, 0.15) is 29.8 Å². The number of nitrogens with zero attached hydrogens (tertiary/aromatic N) is 1. The average Bonchev–Trinajstić information content (AvgIpc) is 3.23. The Morgan fingerprint density at radius 2 is 1.79 bits per heavy atom. The summed E-state index contributed by atoms with van der Waals surface area (Å²) in [7, 11) is 0. The molecule has 0 amide bonds. The number of carbonyl (C=O) groups is 1. The van der Waals surface area contributed by atoms with Crippen molar-refractivity contribution < 1.29 is 13.9 Å². The van der Waals surface area contributed by atoms with E-state index in [1.165, 1.54) is 12.1 Å². The molecule has 0 bridgehead atoms. The molecule has 1 aliphatic carbocycles. The third-order valence-corrected chi connectivity index (χ3v) is 6.72. The summed E-state index contributed by atoms with van der Waals surface area (Å²) in [5, 5.41) is 6.77. The standard InChI is InChI=1S/C27H28FN3O2/c1-27(2,30-16-24(32)18-6-4-3-5-7-18)19-12-23(17-8-10-20(28)11-9-17)31-25(13-19)33-26-21-14-29-15-22(21)26/h3-13,21-22,26,29-30H,14-16H2,1-2H3/t21-,22+,26?. The second-order valence-electron chi connectivity index (χ2n) is 9.42. The van der Waals surface area contributed by atoms with Gasteiger partial charge in [0.05, 0.1) is 12.2 Å². The molecule has 2 N–H and O–H groups in total. The molecule has 0 spiro atoms. The van der Waals surface area contributed by atoms with Crippen LogP contribution in [0.25, 0.3) is 11.3 Å². The van der Waals surface area contributed by atoms with Gasteiger partial charge in [-0.05, 0) is 49.7 Å². The van der Waals surface area contributed by atoms with Gasteiger partial charge in [0, 0.05) is 47.7 Å². The van der Waals surface area contributed by atoms with Crippen LogP contribution in [-0.2, 0) is 5.54 Å². The van der Waals surface area contributed by atoms with Crippen LogP contribution in [0.15, 0.2) is 66.7 Å². The van der Waals surface area contributed by atoms with E-state index in [4.69, 9.17) is 9.72 Å². The van der Waals surface area contributed by atoms with Crippen LogP contribution >= 0.6 is 0 Å². The first-order valence-electron chi connectivity index (χ1n) is 11.4. The van der Waals surface area contributed by atoms with Crippen molar-refractivity contribution in [2.45, 2.75) is 25.5 Å². The number of piperidine rings is 1. The molecule has 2 heterocycles. The van der Waals surface area contributed by atoms with Gasteiger partial charge in [-0.3, -0.25) is 4.79 Å². The van der Waals surface area contributed by atoms with Crippen molar-refractivity contribution in [3.63, 3.8) is 0 Å². The van der Waals surface area contributed by atoms with Gasteiger partial charge < -0.3 is 15.4 Å². The highest BCUT2D eigenvalue weighted by atomic mass is 19.1. The molecule has 2 aromatic carbocycles. The van der Waals surface area contributed by atoms with E-state index in [1.54, 1.807) is 12.1 Å². The van der Waals surface area contributed by atoms with Gasteiger partial charge in [-0.2, -0.15) is 0 Å².